The lowest BCUT2D eigenvalue weighted by atomic mass is 9.88. The summed E-state index contributed by atoms with van der Waals surface area (Å²) in [7, 11) is 0. The zero-order valence-corrected chi connectivity index (χ0v) is 31.0. The highest BCUT2D eigenvalue weighted by Gasteiger charge is 2.15. The number of rotatable bonds is 4. The average Bonchev–Trinajstić information content (AvgIpc) is 3.65. The zero-order valence-electron chi connectivity index (χ0n) is 31.0. The summed E-state index contributed by atoms with van der Waals surface area (Å²) < 4.78 is 6.33. The predicted molar refractivity (Wildman–Crippen MR) is 243 cm³/mol. The van der Waals surface area contributed by atoms with Gasteiger partial charge in [-0.15, -0.1) is 0 Å². The molecule has 0 aliphatic carbocycles. The monoisotopic (exact) mass is 722 g/mol. The Morgan fingerprint density at radius 1 is 0.211 bits per heavy atom. The third kappa shape index (κ3) is 5.17. The van der Waals surface area contributed by atoms with Crippen LogP contribution < -0.4 is 0 Å². The fraction of sp³-hybridized carbons (Fsp3) is 0. The van der Waals surface area contributed by atoms with E-state index in [1.807, 2.05) is 0 Å². The van der Waals surface area contributed by atoms with E-state index in [-0.39, 0.29) is 0 Å². The molecule has 1 nitrogen and oxygen atoms in total. The first-order valence-electron chi connectivity index (χ1n) is 19.6. The smallest absolute Gasteiger partial charge is 0.135 e. The minimum Gasteiger partial charge on any atom is -0.456 e. The third-order valence-electron chi connectivity index (χ3n) is 12.0. The van der Waals surface area contributed by atoms with Gasteiger partial charge in [-0.2, -0.15) is 0 Å². The van der Waals surface area contributed by atoms with Crippen LogP contribution in [0.1, 0.15) is 0 Å². The molecule has 0 amide bonds. The highest BCUT2D eigenvalue weighted by Crippen LogP contribution is 2.41. The van der Waals surface area contributed by atoms with Crippen molar-refractivity contribution in [1.29, 1.82) is 0 Å². The van der Waals surface area contributed by atoms with Gasteiger partial charge in [-0.05, 0) is 147 Å². The van der Waals surface area contributed by atoms with E-state index in [4.69, 9.17) is 4.42 Å². The van der Waals surface area contributed by atoms with E-state index in [0.717, 1.165) is 21.9 Å². The van der Waals surface area contributed by atoms with E-state index in [0.29, 0.717) is 0 Å². The number of hydrogen-bond acceptors (Lipinski definition) is 1. The molecule has 11 aromatic carbocycles. The van der Waals surface area contributed by atoms with Crippen LogP contribution in [0.15, 0.2) is 211 Å². The highest BCUT2D eigenvalue weighted by molar-refractivity contribution is 6.17. The Hall–Kier alpha value is -7.48. The summed E-state index contributed by atoms with van der Waals surface area (Å²) in [5.41, 5.74) is 11.6. The van der Waals surface area contributed by atoms with Crippen LogP contribution in [-0.2, 0) is 0 Å². The van der Waals surface area contributed by atoms with Gasteiger partial charge < -0.3 is 4.42 Å². The van der Waals surface area contributed by atoms with Crippen LogP contribution in [0.5, 0.6) is 0 Å². The molecule has 1 heteroatoms. The first-order chi connectivity index (χ1) is 28.2. The molecule has 0 aliphatic rings. The maximum atomic E-state index is 6.33. The van der Waals surface area contributed by atoms with E-state index in [2.05, 4.69) is 206 Å². The molecule has 0 bridgehead atoms. The van der Waals surface area contributed by atoms with Crippen LogP contribution >= 0.6 is 0 Å². The first kappa shape index (κ1) is 31.8. The Bertz CT molecular complexity index is 3580. The molecular formula is C56H34O. The van der Waals surface area contributed by atoms with E-state index < -0.39 is 0 Å². The van der Waals surface area contributed by atoms with Crippen molar-refractivity contribution in [3.63, 3.8) is 0 Å². The second kappa shape index (κ2) is 12.5. The Balaban J connectivity index is 0.919. The molecule has 1 aromatic heterocycles. The van der Waals surface area contributed by atoms with Crippen LogP contribution in [0.3, 0.4) is 0 Å². The summed E-state index contributed by atoms with van der Waals surface area (Å²) in [5.74, 6) is 0. The molecule has 1 heterocycles. The molecular weight excluding hydrogens is 689 g/mol. The van der Waals surface area contributed by atoms with Gasteiger partial charge in [0.15, 0.2) is 0 Å². The number of benzene rings is 11. The minimum absolute atomic E-state index is 0.905. The van der Waals surface area contributed by atoms with Crippen LogP contribution in [0.2, 0.25) is 0 Å². The first-order valence-corrected chi connectivity index (χ1v) is 19.6. The highest BCUT2D eigenvalue weighted by atomic mass is 16.3. The van der Waals surface area contributed by atoms with Crippen molar-refractivity contribution in [2.45, 2.75) is 0 Å². The van der Waals surface area contributed by atoms with E-state index in [9.17, 15) is 0 Å². The molecule has 0 saturated carbocycles. The van der Waals surface area contributed by atoms with Gasteiger partial charge in [-0.3, -0.25) is 0 Å². The molecule has 0 aliphatic heterocycles. The van der Waals surface area contributed by atoms with Crippen LogP contribution in [0.25, 0.3) is 120 Å². The van der Waals surface area contributed by atoms with Crippen molar-refractivity contribution >= 4 is 75.8 Å². The van der Waals surface area contributed by atoms with Crippen LogP contribution in [-0.4, -0.2) is 0 Å². The van der Waals surface area contributed by atoms with Crippen LogP contribution in [0.4, 0.5) is 0 Å². The number of furan rings is 1. The van der Waals surface area contributed by atoms with E-state index >= 15 is 0 Å². The molecule has 12 rings (SSSR count). The van der Waals surface area contributed by atoms with Gasteiger partial charge in [0.2, 0.25) is 0 Å². The Morgan fingerprint density at radius 2 is 0.649 bits per heavy atom. The van der Waals surface area contributed by atoms with Gasteiger partial charge in [0.05, 0.1) is 0 Å². The molecule has 264 valence electrons. The van der Waals surface area contributed by atoms with Gasteiger partial charge in [0, 0.05) is 10.8 Å². The largest absolute Gasteiger partial charge is 0.456 e. The van der Waals surface area contributed by atoms with E-state index in [1.165, 1.54) is 98.4 Å². The van der Waals surface area contributed by atoms with Crippen molar-refractivity contribution in [1.82, 2.24) is 0 Å². The fourth-order valence-electron chi connectivity index (χ4n) is 9.17. The third-order valence-corrected chi connectivity index (χ3v) is 12.0. The van der Waals surface area contributed by atoms with Crippen molar-refractivity contribution < 1.29 is 4.42 Å². The van der Waals surface area contributed by atoms with Gasteiger partial charge in [0.25, 0.3) is 0 Å². The van der Waals surface area contributed by atoms with Crippen molar-refractivity contribution in [2.75, 3.05) is 0 Å². The van der Waals surface area contributed by atoms with Crippen molar-refractivity contribution in [2.24, 2.45) is 0 Å². The normalized spacial score (nSPS) is 11.9. The van der Waals surface area contributed by atoms with Crippen molar-refractivity contribution in [3.05, 3.63) is 206 Å². The minimum atomic E-state index is 0.905. The summed E-state index contributed by atoms with van der Waals surface area (Å²) in [6.45, 7) is 0. The SMILES string of the molecule is c1ccc2cc(-c3ccc4oc5ccc(-c6ccc7cc(-c8cccc9c(-c%10cc%11ccccc%11c%11ccccc%10%11)cccc89)ccc7c6)cc5c4c3)ccc2c1. The second-order valence-corrected chi connectivity index (χ2v) is 15.3. The molecule has 0 radical (unpaired) electrons. The Morgan fingerprint density at radius 3 is 1.35 bits per heavy atom. The lowest BCUT2D eigenvalue weighted by molar-refractivity contribution is 0.669. The lowest BCUT2D eigenvalue weighted by Gasteiger charge is -2.15. The van der Waals surface area contributed by atoms with Gasteiger partial charge in [-0.25, -0.2) is 0 Å². The van der Waals surface area contributed by atoms with Gasteiger partial charge >= 0.3 is 0 Å². The quantitative estimate of drug-likeness (QED) is 0.165. The molecule has 57 heavy (non-hydrogen) atoms. The van der Waals surface area contributed by atoms with Gasteiger partial charge in [0.1, 0.15) is 11.2 Å². The predicted octanol–water partition coefficient (Wildman–Crippen LogP) is 16.0. The molecule has 0 N–H and O–H groups in total. The average molecular weight is 723 g/mol. The summed E-state index contributed by atoms with van der Waals surface area (Å²) in [6, 6.07) is 75.4. The molecule has 0 atom stereocenters. The van der Waals surface area contributed by atoms with Gasteiger partial charge in [-0.1, -0.05) is 158 Å². The molecule has 0 spiro atoms. The zero-order chi connectivity index (χ0) is 37.5. The summed E-state index contributed by atoms with van der Waals surface area (Å²) in [4.78, 5) is 0. The molecule has 0 saturated heterocycles. The maximum absolute atomic E-state index is 6.33. The number of hydrogen-bond donors (Lipinski definition) is 0. The standard InChI is InChI=1S/C56H34O/c1-2-10-36-29-38(20-19-35(36)9-1)41-25-27-55-53(32-41)54-33-42(26-28-56(54)57-55)39-21-22-40-31-44(24-23-37(40)30-39)46-15-7-17-49-48(46)16-8-18-51(49)52-34-43-11-3-4-12-45(43)47-13-5-6-14-50(47)52/h1-34H. The second-order valence-electron chi connectivity index (χ2n) is 15.3. The molecule has 0 fully saturated rings. The molecule has 12 aromatic rings. The topological polar surface area (TPSA) is 13.1 Å². The summed E-state index contributed by atoms with van der Waals surface area (Å²) in [6.07, 6.45) is 0. The Labute approximate surface area is 329 Å². The van der Waals surface area contributed by atoms with Crippen LogP contribution in [0, 0.1) is 0 Å². The summed E-state index contributed by atoms with van der Waals surface area (Å²) in [5, 5.41) is 14.8. The van der Waals surface area contributed by atoms with Crippen molar-refractivity contribution in [3.8, 4) is 44.5 Å². The summed E-state index contributed by atoms with van der Waals surface area (Å²) >= 11 is 0. The maximum Gasteiger partial charge on any atom is 0.135 e. The number of fused-ring (bicyclic) bond motifs is 9. The van der Waals surface area contributed by atoms with E-state index in [1.54, 1.807) is 0 Å². The molecule has 0 unspecified atom stereocenters. The fourth-order valence-corrected chi connectivity index (χ4v) is 9.17. The lowest BCUT2D eigenvalue weighted by Crippen LogP contribution is -1.88. The Kier molecular flexibility index (Phi) is 7.00.